The summed E-state index contributed by atoms with van der Waals surface area (Å²) in [6.45, 7) is 0.377. The first kappa shape index (κ1) is 9.10. The van der Waals surface area contributed by atoms with Gasteiger partial charge in [0.05, 0.1) is 0 Å². The summed E-state index contributed by atoms with van der Waals surface area (Å²) in [5.41, 5.74) is 0.278. The van der Waals surface area contributed by atoms with Gasteiger partial charge in [0.1, 0.15) is 12.5 Å². The summed E-state index contributed by atoms with van der Waals surface area (Å²) in [5, 5.41) is 0. The Morgan fingerprint density at radius 1 is 1.42 bits per heavy atom. The predicted octanol–water partition coefficient (Wildman–Crippen LogP) is 3.11. The number of halogens is 3. The highest BCUT2D eigenvalue weighted by Gasteiger charge is 2.16. The molecule has 1 rings (SSSR count). The summed E-state index contributed by atoms with van der Waals surface area (Å²) in [6.07, 6.45) is -1.84. The van der Waals surface area contributed by atoms with Gasteiger partial charge in [-0.15, -0.1) is 0 Å². The Bertz CT molecular complexity index is 250. The molecule has 1 aromatic rings. The van der Waals surface area contributed by atoms with Gasteiger partial charge in [0.25, 0.3) is 0 Å². The Hall–Kier alpha value is -0.990. The molecule has 0 N–H and O–H groups in total. The minimum absolute atomic E-state index is 0.167. The van der Waals surface area contributed by atoms with Crippen molar-refractivity contribution in [1.29, 1.82) is 0 Å². The Morgan fingerprint density at radius 3 is 2.58 bits per heavy atom. The lowest BCUT2D eigenvalue weighted by Gasteiger charge is -2.08. The summed E-state index contributed by atoms with van der Waals surface area (Å²) in [6, 6.07) is 4.16. The smallest absolute Gasteiger partial charge is 0.156 e. The molecule has 0 aliphatic heterocycles. The molecule has 1 aromatic carbocycles. The Labute approximate surface area is 69.0 Å². The van der Waals surface area contributed by atoms with E-state index in [0.29, 0.717) is 5.56 Å². The van der Waals surface area contributed by atoms with Gasteiger partial charge in [0.15, 0.2) is 6.17 Å². The van der Waals surface area contributed by atoms with E-state index in [1.807, 2.05) is 0 Å². The molecule has 0 nitrogen and oxygen atoms in total. The monoisotopic (exact) mass is 174 g/mol. The summed E-state index contributed by atoms with van der Waals surface area (Å²) < 4.78 is 37.5. The quantitative estimate of drug-likeness (QED) is 0.646. The zero-order chi connectivity index (χ0) is 9.14. The van der Waals surface area contributed by atoms with Crippen molar-refractivity contribution in [1.82, 2.24) is 0 Å². The van der Waals surface area contributed by atoms with Crippen LogP contribution in [0.4, 0.5) is 13.2 Å². The van der Waals surface area contributed by atoms with Crippen LogP contribution in [0.2, 0.25) is 0 Å². The van der Waals surface area contributed by atoms with Gasteiger partial charge in [-0.3, -0.25) is 0 Å². The molecule has 0 aliphatic carbocycles. The van der Waals surface area contributed by atoms with Crippen LogP contribution >= 0.6 is 0 Å². The van der Waals surface area contributed by atoms with Crippen LogP contribution in [0.5, 0.6) is 0 Å². The maximum Gasteiger partial charge on any atom is 0.156 e. The molecule has 0 amide bonds. The zero-order valence-electron chi connectivity index (χ0n) is 6.65. The van der Waals surface area contributed by atoms with E-state index >= 15 is 0 Å². The minimum Gasteiger partial charge on any atom is -0.248 e. The zero-order valence-corrected chi connectivity index (χ0v) is 6.65. The number of alkyl halides is 2. The van der Waals surface area contributed by atoms with Crippen molar-refractivity contribution >= 4 is 0 Å². The first-order valence-electron chi connectivity index (χ1n) is 3.62. The fourth-order valence-corrected chi connectivity index (χ4v) is 1.12. The van der Waals surface area contributed by atoms with Gasteiger partial charge in [-0.05, 0) is 18.6 Å². The number of aryl methyl sites for hydroxylation is 1. The van der Waals surface area contributed by atoms with E-state index < -0.39 is 18.7 Å². The summed E-state index contributed by atoms with van der Waals surface area (Å²) >= 11 is 0. The summed E-state index contributed by atoms with van der Waals surface area (Å²) in [5.74, 6) is -0.680. The molecule has 0 spiro atoms. The van der Waals surface area contributed by atoms with Gasteiger partial charge in [0, 0.05) is 5.56 Å². The van der Waals surface area contributed by atoms with Crippen LogP contribution in [0.25, 0.3) is 0 Å². The Kier molecular flexibility index (Phi) is 2.74. The SMILES string of the molecule is Cc1cccc(F)c1[C@@H](F)CF. The first-order chi connectivity index (χ1) is 5.66. The molecule has 66 valence electrons. The van der Waals surface area contributed by atoms with Crippen LogP contribution in [0.15, 0.2) is 18.2 Å². The first-order valence-corrected chi connectivity index (χ1v) is 3.62. The van der Waals surface area contributed by atoms with Gasteiger partial charge >= 0.3 is 0 Å². The van der Waals surface area contributed by atoms with E-state index in [4.69, 9.17) is 0 Å². The van der Waals surface area contributed by atoms with Crippen molar-refractivity contribution in [3.8, 4) is 0 Å². The van der Waals surface area contributed by atoms with E-state index in [1.54, 1.807) is 13.0 Å². The fourth-order valence-electron chi connectivity index (χ4n) is 1.12. The van der Waals surface area contributed by atoms with E-state index in [-0.39, 0.29) is 5.56 Å². The molecule has 3 heteroatoms. The average Bonchev–Trinajstić information content (AvgIpc) is 2.03. The molecule has 0 bridgehead atoms. The molecule has 0 fully saturated rings. The summed E-state index contributed by atoms with van der Waals surface area (Å²) in [7, 11) is 0. The molecule has 0 heterocycles. The largest absolute Gasteiger partial charge is 0.248 e. The van der Waals surface area contributed by atoms with Crippen LogP contribution in [0.3, 0.4) is 0 Å². The van der Waals surface area contributed by atoms with Gasteiger partial charge in [-0.2, -0.15) is 0 Å². The molecule has 0 aliphatic rings. The third-order valence-electron chi connectivity index (χ3n) is 1.72. The Morgan fingerprint density at radius 2 is 2.08 bits per heavy atom. The molecule has 0 saturated carbocycles. The maximum absolute atomic E-state index is 12.9. The third-order valence-corrected chi connectivity index (χ3v) is 1.72. The summed E-state index contributed by atoms with van der Waals surface area (Å²) in [4.78, 5) is 0. The molecule has 0 aromatic heterocycles. The highest BCUT2D eigenvalue weighted by Crippen LogP contribution is 2.24. The van der Waals surface area contributed by atoms with Crippen molar-refractivity contribution in [2.24, 2.45) is 0 Å². The highest BCUT2D eigenvalue weighted by atomic mass is 19.2. The second kappa shape index (κ2) is 3.61. The minimum atomic E-state index is -1.84. The van der Waals surface area contributed by atoms with E-state index in [1.165, 1.54) is 6.07 Å². The fraction of sp³-hybridized carbons (Fsp3) is 0.333. The molecule has 0 unspecified atom stereocenters. The van der Waals surface area contributed by atoms with Crippen molar-refractivity contribution in [2.75, 3.05) is 6.67 Å². The lowest BCUT2D eigenvalue weighted by molar-refractivity contribution is 0.258. The second-order valence-electron chi connectivity index (χ2n) is 2.59. The molecule has 0 radical (unpaired) electrons. The van der Waals surface area contributed by atoms with Crippen LogP contribution in [-0.2, 0) is 0 Å². The van der Waals surface area contributed by atoms with Gasteiger partial charge in [-0.25, -0.2) is 13.2 Å². The van der Waals surface area contributed by atoms with E-state index in [2.05, 4.69) is 0 Å². The van der Waals surface area contributed by atoms with Crippen molar-refractivity contribution in [2.45, 2.75) is 13.1 Å². The van der Waals surface area contributed by atoms with Gasteiger partial charge < -0.3 is 0 Å². The highest BCUT2D eigenvalue weighted by molar-refractivity contribution is 5.29. The predicted molar refractivity (Wildman–Crippen MR) is 41.0 cm³/mol. The lowest BCUT2D eigenvalue weighted by atomic mass is 10.0. The molecule has 0 saturated heterocycles. The van der Waals surface area contributed by atoms with E-state index in [0.717, 1.165) is 6.07 Å². The topological polar surface area (TPSA) is 0 Å². The molecule has 12 heavy (non-hydrogen) atoms. The van der Waals surface area contributed by atoms with Gasteiger partial charge in [0.2, 0.25) is 0 Å². The maximum atomic E-state index is 12.9. The lowest BCUT2D eigenvalue weighted by Crippen LogP contribution is -2.00. The normalized spacial score (nSPS) is 13.0. The van der Waals surface area contributed by atoms with Crippen molar-refractivity contribution in [3.05, 3.63) is 35.1 Å². The standard InChI is InChI=1S/C9H9F3/c1-6-3-2-4-7(11)9(6)8(12)5-10/h2-4,8H,5H2,1H3/t8-/m0/s1. The molecular weight excluding hydrogens is 165 g/mol. The van der Waals surface area contributed by atoms with Crippen LogP contribution in [0.1, 0.15) is 17.3 Å². The van der Waals surface area contributed by atoms with Crippen LogP contribution < -0.4 is 0 Å². The van der Waals surface area contributed by atoms with Crippen molar-refractivity contribution < 1.29 is 13.2 Å². The van der Waals surface area contributed by atoms with Crippen LogP contribution in [0, 0.1) is 12.7 Å². The number of hydrogen-bond acceptors (Lipinski definition) is 0. The second-order valence-corrected chi connectivity index (χ2v) is 2.59. The van der Waals surface area contributed by atoms with Gasteiger partial charge in [-0.1, -0.05) is 12.1 Å². The molecule has 1 atom stereocenters. The molecular formula is C9H9F3. The van der Waals surface area contributed by atoms with E-state index in [9.17, 15) is 13.2 Å². The average molecular weight is 174 g/mol. The third kappa shape index (κ3) is 1.60. The number of benzene rings is 1. The number of hydrogen-bond donors (Lipinski definition) is 0. The van der Waals surface area contributed by atoms with Crippen LogP contribution in [-0.4, -0.2) is 6.67 Å². The number of rotatable bonds is 2. The Balaban J connectivity index is 3.12. The van der Waals surface area contributed by atoms with Crippen molar-refractivity contribution in [3.63, 3.8) is 0 Å².